The van der Waals surface area contributed by atoms with Crippen molar-refractivity contribution in [3.05, 3.63) is 71.3 Å². The fraction of sp³-hybridized carbons (Fsp3) is 0.400. The van der Waals surface area contributed by atoms with E-state index in [4.69, 9.17) is 0 Å². The smallest absolute Gasteiger partial charge is 0.00972 e. The fourth-order valence-corrected chi connectivity index (χ4v) is 1.97. The highest BCUT2D eigenvalue weighted by atomic mass is 14.0. The molecule has 0 heterocycles. The van der Waals surface area contributed by atoms with Crippen LogP contribution in [0.1, 0.15) is 51.7 Å². The first-order valence-electron chi connectivity index (χ1n) is 7.78. The third kappa shape index (κ3) is 8.53. The van der Waals surface area contributed by atoms with E-state index in [9.17, 15) is 0 Å². The lowest BCUT2D eigenvalue weighted by molar-refractivity contribution is 1.15. The van der Waals surface area contributed by atoms with Crippen molar-refractivity contribution >= 4 is 0 Å². The van der Waals surface area contributed by atoms with E-state index >= 15 is 0 Å². The highest BCUT2D eigenvalue weighted by molar-refractivity contribution is 5.25. The minimum Gasteiger partial charge on any atom is -0.0874 e. The fourth-order valence-electron chi connectivity index (χ4n) is 1.97. The van der Waals surface area contributed by atoms with E-state index in [1.807, 2.05) is 13.8 Å². The molecule has 0 aliphatic heterocycles. The summed E-state index contributed by atoms with van der Waals surface area (Å²) in [6.07, 6.45) is 14.3. The van der Waals surface area contributed by atoms with Gasteiger partial charge in [0.25, 0.3) is 0 Å². The molecule has 20 heavy (non-hydrogen) atoms. The first-order chi connectivity index (χ1) is 9.76. The van der Waals surface area contributed by atoms with Crippen molar-refractivity contribution in [3.63, 3.8) is 0 Å². The van der Waals surface area contributed by atoms with Crippen LogP contribution in [0, 0.1) is 6.92 Å². The molecule has 0 unspecified atom stereocenters. The second-order valence-corrected chi connectivity index (χ2v) is 4.56. The lowest BCUT2D eigenvalue weighted by Gasteiger charge is -1.99. The molecule has 0 aliphatic carbocycles. The van der Waals surface area contributed by atoms with Crippen LogP contribution in [-0.2, 0) is 6.42 Å². The van der Waals surface area contributed by atoms with Gasteiger partial charge in [-0.05, 0) is 44.2 Å². The maximum atomic E-state index is 2.29. The third-order valence-electron chi connectivity index (χ3n) is 2.80. The highest BCUT2D eigenvalue weighted by Gasteiger charge is 1.90. The zero-order valence-corrected chi connectivity index (χ0v) is 13.8. The summed E-state index contributed by atoms with van der Waals surface area (Å²) in [5, 5.41) is 0. The molecule has 1 rings (SSSR count). The Morgan fingerprint density at radius 3 is 2.50 bits per heavy atom. The van der Waals surface area contributed by atoms with Crippen LogP contribution < -0.4 is 0 Å². The first kappa shape index (κ1) is 18.4. The molecule has 110 valence electrons. The van der Waals surface area contributed by atoms with Crippen LogP contribution in [0.3, 0.4) is 0 Å². The standard InChI is InChI=1S/C18H24.C2H6/c1-4-9-17(10-5-2)12-6-7-13-18-14-8-11-16(3)15-18;1-2/h4,6-11,14-15H,5,12-13H2,1-3H3;1-2H3/b7-6-,9-4-,17-10+;. The van der Waals surface area contributed by atoms with Crippen LogP contribution in [0.4, 0.5) is 0 Å². The Labute approximate surface area is 125 Å². The SMILES string of the molecule is C/C=C\C(=C/CC)C/C=C\Cc1cccc(C)c1.CC. The van der Waals surface area contributed by atoms with Gasteiger partial charge in [-0.1, -0.05) is 81.0 Å². The summed E-state index contributed by atoms with van der Waals surface area (Å²) in [5.41, 5.74) is 4.13. The van der Waals surface area contributed by atoms with E-state index in [-0.39, 0.29) is 0 Å². The first-order valence-corrected chi connectivity index (χ1v) is 7.78. The number of hydrogen-bond acceptors (Lipinski definition) is 0. The molecule has 0 bridgehead atoms. The van der Waals surface area contributed by atoms with E-state index in [1.54, 1.807) is 0 Å². The summed E-state index contributed by atoms with van der Waals surface area (Å²) >= 11 is 0. The van der Waals surface area contributed by atoms with Crippen LogP contribution in [0.2, 0.25) is 0 Å². The summed E-state index contributed by atoms with van der Waals surface area (Å²) < 4.78 is 0. The molecule has 0 saturated heterocycles. The van der Waals surface area contributed by atoms with Gasteiger partial charge in [-0.15, -0.1) is 0 Å². The topological polar surface area (TPSA) is 0 Å². The molecule has 0 spiro atoms. The maximum absolute atomic E-state index is 2.29. The monoisotopic (exact) mass is 270 g/mol. The number of allylic oxidation sites excluding steroid dienone is 6. The largest absolute Gasteiger partial charge is 0.0874 e. The molecule has 0 N–H and O–H groups in total. The van der Waals surface area contributed by atoms with Gasteiger partial charge in [0.1, 0.15) is 0 Å². The molecule has 0 saturated carbocycles. The van der Waals surface area contributed by atoms with E-state index in [1.165, 1.54) is 16.7 Å². The van der Waals surface area contributed by atoms with Crippen molar-refractivity contribution in [2.24, 2.45) is 0 Å². The van der Waals surface area contributed by atoms with Crippen LogP contribution in [0.15, 0.2) is 60.2 Å². The molecule has 0 heteroatoms. The number of benzene rings is 1. The predicted molar refractivity (Wildman–Crippen MR) is 93.2 cm³/mol. The Morgan fingerprint density at radius 1 is 1.15 bits per heavy atom. The zero-order chi connectivity index (χ0) is 15.2. The van der Waals surface area contributed by atoms with Gasteiger partial charge in [0, 0.05) is 0 Å². The van der Waals surface area contributed by atoms with Crippen molar-refractivity contribution in [1.29, 1.82) is 0 Å². The molecule has 0 aromatic heterocycles. The second-order valence-electron chi connectivity index (χ2n) is 4.56. The molecule has 0 aliphatic rings. The molecule has 0 radical (unpaired) electrons. The van der Waals surface area contributed by atoms with Gasteiger partial charge in [-0.2, -0.15) is 0 Å². The van der Waals surface area contributed by atoms with Crippen molar-refractivity contribution in [2.45, 2.75) is 53.9 Å². The minimum absolute atomic E-state index is 1.02. The van der Waals surface area contributed by atoms with E-state index < -0.39 is 0 Å². The van der Waals surface area contributed by atoms with E-state index in [0.717, 1.165) is 19.3 Å². The normalized spacial score (nSPS) is 11.8. The zero-order valence-electron chi connectivity index (χ0n) is 13.8. The van der Waals surface area contributed by atoms with Crippen molar-refractivity contribution in [2.75, 3.05) is 0 Å². The molecule has 0 atom stereocenters. The minimum atomic E-state index is 1.02. The Morgan fingerprint density at radius 2 is 1.90 bits per heavy atom. The van der Waals surface area contributed by atoms with Crippen molar-refractivity contribution in [3.8, 4) is 0 Å². The van der Waals surface area contributed by atoms with Crippen LogP contribution in [0.25, 0.3) is 0 Å². The Bertz CT molecular complexity index is 433. The number of aryl methyl sites for hydroxylation is 1. The lowest BCUT2D eigenvalue weighted by Crippen LogP contribution is -1.82. The molecular weight excluding hydrogens is 240 g/mol. The quantitative estimate of drug-likeness (QED) is 0.413. The molecule has 1 aromatic rings. The summed E-state index contributed by atoms with van der Waals surface area (Å²) in [4.78, 5) is 0. The molecular formula is C20H30. The van der Waals surface area contributed by atoms with Gasteiger partial charge < -0.3 is 0 Å². The van der Waals surface area contributed by atoms with E-state index in [0.29, 0.717) is 0 Å². The predicted octanol–water partition coefficient (Wildman–Crippen LogP) is 6.42. The van der Waals surface area contributed by atoms with E-state index in [2.05, 4.69) is 75.4 Å². The molecule has 0 amide bonds. The summed E-state index contributed by atoms with van der Waals surface area (Å²) in [7, 11) is 0. The van der Waals surface area contributed by atoms with Gasteiger partial charge in [0.15, 0.2) is 0 Å². The summed E-state index contributed by atoms with van der Waals surface area (Å²) in [6, 6.07) is 8.70. The highest BCUT2D eigenvalue weighted by Crippen LogP contribution is 2.08. The van der Waals surface area contributed by atoms with Gasteiger partial charge >= 0.3 is 0 Å². The van der Waals surface area contributed by atoms with Crippen LogP contribution in [-0.4, -0.2) is 0 Å². The Kier molecular flexibility index (Phi) is 11.5. The molecule has 0 fully saturated rings. The van der Waals surface area contributed by atoms with Gasteiger partial charge in [-0.25, -0.2) is 0 Å². The molecule has 1 aromatic carbocycles. The summed E-state index contributed by atoms with van der Waals surface area (Å²) in [6.45, 7) is 10.4. The molecule has 0 nitrogen and oxygen atoms in total. The van der Waals surface area contributed by atoms with Crippen LogP contribution in [0.5, 0.6) is 0 Å². The Balaban J connectivity index is 0.00000172. The van der Waals surface area contributed by atoms with Crippen molar-refractivity contribution < 1.29 is 0 Å². The van der Waals surface area contributed by atoms with Crippen LogP contribution >= 0.6 is 0 Å². The number of hydrogen-bond donors (Lipinski definition) is 0. The lowest BCUT2D eigenvalue weighted by atomic mass is 10.1. The summed E-state index contributed by atoms with van der Waals surface area (Å²) in [5.74, 6) is 0. The van der Waals surface area contributed by atoms with Gasteiger partial charge in [-0.3, -0.25) is 0 Å². The Hall–Kier alpha value is -1.56. The maximum Gasteiger partial charge on any atom is -0.00972 e. The second kappa shape index (κ2) is 12.5. The average molecular weight is 270 g/mol. The number of rotatable bonds is 6. The average Bonchev–Trinajstić information content (AvgIpc) is 2.46. The van der Waals surface area contributed by atoms with Crippen molar-refractivity contribution in [1.82, 2.24) is 0 Å². The van der Waals surface area contributed by atoms with Gasteiger partial charge in [0.05, 0.1) is 0 Å². The third-order valence-corrected chi connectivity index (χ3v) is 2.80. The van der Waals surface area contributed by atoms with Gasteiger partial charge in [0.2, 0.25) is 0 Å².